The number of hydrogen-bond donors (Lipinski definition) is 0. The molecule has 0 saturated carbocycles. The molecule has 1 aromatic rings. The third-order valence-electron chi connectivity index (χ3n) is 1.54. The Morgan fingerprint density at radius 3 is 2.58 bits per heavy atom. The van der Waals surface area contributed by atoms with Gasteiger partial charge in [-0.2, -0.15) is 0 Å². The monoisotopic (exact) mass is 196 g/mol. The fraction of sp³-hybridized carbons (Fsp3) is 0.300. The summed E-state index contributed by atoms with van der Waals surface area (Å²) in [6.45, 7) is 1.98. The summed E-state index contributed by atoms with van der Waals surface area (Å²) in [6.07, 6.45) is 1.11. The first-order chi connectivity index (χ1) is 5.79. The van der Waals surface area contributed by atoms with Gasteiger partial charge in [-0.1, -0.05) is 42.5 Å². The van der Waals surface area contributed by atoms with Crippen LogP contribution in [0.1, 0.15) is 12.5 Å². The lowest BCUT2D eigenvalue weighted by Gasteiger charge is -1.99. The first-order valence-electron chi connectivity index (χ1n) is 3.96. The standard InChI is InChI=1S/C10H12S2/c1-9(11)12-8-7-10-5-3-2-4-6-10/h2-6H,7-8H2,1H3. The summed E-state index contributed by atoms with van der Waals surface area (Å²) in [7, 11) is 0. The van der Waals surface area contributed by atoms with Gasteiger partial charge in [-0.3, -0.25) is 0 Å². The van der Waals surface area contributed by atoms with E-state index in [9.17, 15) is 0 Å². The van der Waals surface area contributed by atoms with Crippen molar-refractivity contribution in [1.29, 1.82) is 0 Å². The smallest absolute Gasteiger partial charge is 0.0447 e. The molecule has 1 rings (SSSR count). The molecule has 0 aliphatic rings. The molecule has 0 saturated heterocycles. The highest BCUT2D eigenvalue weighted by molar-refractivity contribution is 8.23. The van der Waals surface area contributed by atoms with Crippen molar-refractivity contribution >= 4 is 28.2 Å². The molecule has 1 aromatic carbocycles. The van der Waals surface area contributed by atoms with Crippen LogP contribution in [0.5, 0.6) is 0 Å². The van der Waals surface area contributed by atoms with E-state index in [1.165, 1.54) is 5.56 Å². The summed E-state index contributed by atoms with van der Waals surface area (Å²) in [5.74, 6) is 1.10. The molecule has 0 aromatic heterocycles. The number of thioether (sulfide) groups is 1. The van der Waals surface area contributed by atoms with Crippen molar-refractivity contribution in [3.63, 3.8) is 0 Å². The number of thiocarbonyl (C=S) groups is 1. The first-order valence-corrected chi connectivity index (χ1v) is 5.36. The molecule has 0 bridgehead atoms. The minimum atomic E-state index is 1.03. The molecule has 0 heterocycles. The van der Waals surface area contributed by atoms with Gasteiger partial charge in [0, 0.05) is 9.95 Å². The SMILES string of the molecule is CC(=S)SCCc1ccccc1. The molecule has 2 heteroatoms. The lowest BCUT2D eigenvalue weighted by atomic mass is 10.2. The maximum Gasteiger partial charge on any atom is 0.0447 e. The molecule has 0 radical (unpaired) electrons. The number of hydrogen-bond acceptors (Lipinski definition) is 2. The van der Waals surface area contributed by atoms with Crippen molar-refractivity contribution in [2.45, 2.75) is 13.3 Å². The number of benzene rings is 1. The van der Waals surface area contributed by atoms with E-state index in [2.05, 4.69) is 24.3 Å². The fourth-order valence-electron chi connectivity index (χ4n) is 0.957. The van der Waals surface area contributed by atoms with Gasteiger partial charge < -0.3 is 0 Å². The maximum absolute atomic E-state index is 4.97. The zero-order chi connectivity index (χ0) is 8.81. The Morgan fingerprint density at radius 2 is 2.00 bits per heavy atom. The summed E-state index contributed by atoms with van der Waals surface area (Å²) in [5, 5.41) is 0. The van der Waals surface area contributed by atoms with E-state index in [-0.39, 0.29) is 0 Å². The van der Waals surface area contributed by atoms with Gasteiger partial charge in [0.15, 0.2) is 0 Å². The second kappa shape index (κ2) is 5.33. The Bertz CT molecular complexity index is 241. The van der Waals surface area contributed by atoms with Gasteiger partial charge in [0.25, 0.3) is 0 Å². The van der Waals surface area contributed by atoms with E-state index >= 15 is 0 Å². The lowest BCUT2D eigenvalue weighted by molar-refractivity contribution is 1.16. The van der Waals surface area contributed by atoms with E-state index in [4.69, 9.17) is 12.2 Å². The molecule has 64 valence electrons. The average molecular weight is 196 g/mol. The van der Waals surface area contributed by atoms with Crippen LogP contribution in [0, 0.1) is 0 Å². The minimum Gasteiger partial charge on any atom is -0.119 e. The van der Waals surface area contributed by atoms with Gasteiger partial charge in [-0.05, 0) is 18.9 Å². The lowest BCUT2D eigenvalue weighted by Crippen LogP contribution is -1.89. The van der Waals surface area contributed by atoms with Crippen LogP contribution in [0.2, 0.25) is 0 Å². The normalized spacial score (nSPS) is 9.75. The molecular weight excluding hydrogens is 184 g/mol. The highest BCUT2D eigenvalue weighted by atomic mass is 32.2. The van der Waals surface area contributed by atoms with Gasteiger partial charge >= 0.3 is 0 Å². The summed E-state index contributed by atoms with van der Waals surface area (Å²) in [6, 6.07) is 10.5. The third kappa shape index (κ3) is 3.88. The molecule has 12 heavy (non-hydrogen) atoms. The summed E-state index contributed by atoms with van der Waals surface area (Å²) in [4.78, 5) is 0. The van der Waals surface area contributed by atoms with Gasteiger partial charge in [0.05, 0.1) is 0 Å². The van der Waals surface area contributed by atoms with Gasteiger partial charge in [-0.25, -0.2) is 0 Å². The van der Waals surface area contributed by atoms with Crippen LogP contribution >= 0.6 is 24.0 Å². The molecule has 0 aliphatic carbocycles. The average Bonchev–Trinajstić information content (AvgIpc) is 2.05. The van der Waals surface area contributed by atoms with Crippen LogP contribution in [0.3, 0.4) is 0 Å². The first kappa shape index (κ1) is 9.75. The Labute approximate surface area is 83.4 Å². The number of rotatable bonds is 3. The van der Waals surface area contributed by atoms with E-state index in [1.54, 1.807) is 11.8 Å². The molecule has 0 fully saturated rings. The van der Waals surface area contributed by atoms with E-state index in [1.807, 2.05) is 13.0 Å². The van der Waals surface area contributed by atoms with Gasteiger partial charge in [0.2, 0.25) is 0 Å². The van der Waals surface area contributed by atoms with Gasteiger partial charge in [-0.15, -0.1) is 11.8 Å². The van der Waals surface area contributed by atoms with Crippen LogP contribution in [0.4, 0.5) is 0 Å². The minimum absolute atomic E-state index is 1.03. The highest BCUT2D eigenvalue weighted by Crippen LogP contribution is 2.08. The molecule has 0 nitrogen and oxygen atoms in total. The van der Waals surface area contributed by atoms with E-state index in [0.29, 0.717) is 0 Å². The topological polar surface area (TPSA) is 0 Å². The van der Waals surface area contributed by atoms with Crippen LogP contribution in [-0.2, 0) is 6.42 Å². The zero-order valence-electron chi connectivity index (χ0n) is 7.12. The molecule has 0 spiro atoms. The third-order valence-corrected chi connectivity index (χ3v) is 2.71. The molecular formula is C10H12S2. The molecule has 0 unspecified atom stereocenters. The van der Waals surface area contributed by atoms with E-state index < -0.39 is 0 Å². The second-order valence-corrected chi connectivity index (χ2v) is 4.76. The van der Waals surface area contributed by atoms with Crippen molar-refractivity contribution in [3.8, 4) is 0 Å². The Kier molecular flexibility index (Phi) is 4.33. The largest absolute Gasteiger partial charge is 0.119 e. The van der Waals surface area contributed by atoms with Gasteiger partial charge in [0.1, 0.15) is 0 Å². The van der Waals surface area contributed by atoms with E-state index in [0.717, 1.165) is 16.4 Å². The van der Waals surface area contributed by atoms with Crippen molar-refractivity contribution in [1.82, 2.24) is 0 Å². The van der Waals surface area contributed by atoms with Crippen LogP contribution < -0.4 is 0 Å². The van der Waals surface area contributed by atoms with Crippen LogP contribution in [0.25, 0.3) is 0 Å². The quantitative estimate of drug-likeness (QED) is 0.680. The van der Waals surface area contributed by atoms with Crippen molar-refractivity contribution in [3.05, 3.63) is 35.9 Å². The Hall–Kier alpha value is -0.340. The number of aryl methyl sites for hydroxylation is 1. The molecule has 0 amide bonds. The fourth-order valence-corrected chi connectivity index (χ4v) is 1.83. The van der Waals surface area contributed by atoms with Crippen molar-refractivity contribution in [2.75, 3.05) is 5.75 Å². The van der Waals surface area contributed by atoms with Crippen molar-refractivity contribution in [2.24, 2.45) is 0 Å². The van der Waals surface area contributed by atoms with Crippen molar-refractivity contribution < 1.29 is 0 Å². The Balaban J connectivity index is 2.29. The summed E-state index contributed by atoms with van der Waals surface area (Å²) in [5.41, 5.74) is 1.39. The zero-order valence-corrected chi connectivity index (χ0v) is 8.75. The summed E-state index contributed by atoms with van der Waals surface area (Å²) >= 11 is 6.73. The van der Waals surface area contributed by atoms with Crippen LogP contribution in [0.15, 0.2) is 30.3 Å². The molecule has 0 N–H and O–H groups in total. The summed E-state index contributed by atoms with van der Waals surface area (Å²) < 4.78 is 1.03. The molecule has 0 atom stereocenters. The highest BCUT2D eigenvalue weighted by Gasteiger charge is 1.92. The maximum atomic E-state index is 4.97. The predicted molar refractivity (Wildman–Crippen MR) is 60.9 cm³/mol. The predicted octanol–water partition coefficient (Wildman–Crippen LogP) is 3.31. The molecule has 0 aliphatic heterocycles. The Morgan fingerprint density at radius 1 is 1.33 bits per heavy atom. The second-order valence-electron chi connectivity index (χ2n) is 2.58. The van der Waals surface area contributed by atoms with Crippen LogP contribution in [-0.4, -0.2) is 9.95 Å².